The topological polar surface area (TPSA) is 53.0 Å². The smallest absolute Gasteiger partial charge is 0.101 e. The highest BCUT2D eigenvalue weighted by Crippen LogP contribution is 2.26. The Morgan fingerprint density at radius 3 is 3.06 bits per heavy atom. The van der Waals surface area contributed by atoms with Gasteiger partial charge in [0.15, 0.2) is 0 Å². The molecule has 2 rings (SSSR count). The van der Waals surface area contributed by atoms with Crippen LogP contribution in [0.5, 0.6) is 0 Å². The molecule has 1 saturated heterocycles. The van der Waals surface area contributed by atoms with Crippen LogP contribution in [0.2, 0.25) is 0 Å². The van der Waals surface area contributed by atoms with Crippen LogP contribution < -0.4 is 10.6 Å². The molecule has 2 N–H and O–H groups in total. The Morgan fingerprint density at radius 2 is 2.35 bits per heavy atom. The van der Waals surface area contributed by atoms with E-state index >= 15 is 0 Å². The first-order valence-electron chi connectivity index (χ1n) is 6.20. The molecule has 3 nitrogen and oxygen atoms in total. The van der Waals surface area contributed by atoms with Gasteiger partial charge in [-0.3, -0.25) is 0 Å². The average molecular weight is 229 g/mol. The van der Waals surface area contributed by atoms with Crippen molar-refractivity contribution in [1.82, 2.24) is 0 Å². The third-order valence-corrected chi connectivity index (χ3v) is 3.47. The van der Waals surface area contributed by atoms with Crippen LogP contribution in [0.15, 0.2) is 18.2 Å². The zero-order valence-electron chi connectivity index (χ0n) is 10.3. The van der Waals surface area contributed by atoms with E-state index in [9.17, 15) is 5.26 Å². The lowest BCUT2D eigenvalue weighted by molar-refractivity contribution is 0.423. The molecule has 90 valence electrons. The Balaban J connectivity index is 2.24. The van der Waals surface area contributed by atoms with Gasteiger partial charge in [-0.2, -0.15) is 5.26 Å². The summed E-state index contributed by atoms with van der Waals surface area (Å²) >= 11 is 0. The lowest BCUT2D eigenvalue weighted by atomic mass is 9.97. The molecular weight excluding hydrogens is 210 g/mol. The Hall–Kier alpha value is -1.53. The molecule has 0 spiro atoms. The average Bonchev–Trinajstić information content (AvgIpc) is 2.38. The third kappa shape index (κ3) is 2.59. The molecule has 0 saturated carbocycles. The van der Waals surface area contributed by atoms with E-state index in [2.05, 4.69) is 23.1 Å². The van der Waals surface area contributed by atoms with E-state index in [-0.39, 0.29) is 0 Å². The molecule has 1 aromatic rings. The first kappa shape index (κ1) is 11.9. The van der Waals surface area contributed by atoms with Crippen molar-refractivity contribution < 1.29 is 0 Å². The SMILES string of the molecule is Cc1ccc(N2CCCC(CN)C2)c(C#N)c1. The van der Waals surface area contributed by atoms with Gasteiger partial charge in [0.05, 0.1) is 11.3 Å². The van der Waals surface area contributed by atoms with Gasteiger partial charge in [-0.15, -0.1) is 0 Å². The van der Waals surface area contributed by atoms with Crippen molar-refractivity contribution in [3.63, 3.8) is 0 Å². The normalized spacial score (nSPS) is 20.1. The van der Waals surface area contributed by atoms with Crippen molar-refractivity contribution >= 4 is 5.69 Å². The van der Waals surface area contributed by atoms with E-state index in [1.807, 2.05) is 13.0 Å². The van der Waals surface area contributed by atoms with E-state index in [1.165, 1.54) is 12.8 Å². The van der Waals surface area contributed by atoms with Crippen LogP contribution in [0.1, 0.15) is 24.0 Å². The Morgan fingerprint density at radius 1 is 1.53 bits per heavy atom. The molecule has 0 radical (unpaired) electrons. The third-order valence-electron chi connectivity index (χ3n) is 3.47. The highest BCUT2D eigenvalue weighted by Gasteiger charge is 2.20. The molecule has 1 aliphatic heterocycles. The summed E-state index contributed by atoms with van der Waals surface area (Å²) in [4.78, 5) is 2.30. The van der Waals surface area contributed by atoms with E-state index in [1.54, 1.807) is 0 Å². The van der Waals surface area contributed by atoms with E-state index in [4.69, 9.17) is 5.73 Å². The fraction of sp³-hybridized carbons (Fsp3) is 0.500. The standard InChI is InChI=1S/C14H19N3/c1-11-4-5-14(13(7-11)9-16)17-6-2-3-12(8-15)10-17/h4-5,7,12H,2-3,6,8,10,15H2,1H3. The summed E-state index contributed by atoms with van der Waals surface area (Å²) in [5.41, 5.74) is 8.73. The maximum atomic E-state index is 9.20. The van der Waals surface area contributed by atoms with E-state index < -0.39 is 0 Å². The summed E-state index contributed by atoms with van der Waals surface area (Å²) < 4.78 is 0. The summed E-state index contributed by atoms with van der Waals surface area (Å²) in [6, 6.07) is 8.39. The minimum Gasteiger partial charge on any atom is -0.370 e. The molecule has 1 atom stereocenters. The number of hydrogen-bond acceptors (Lipinski definition) is 3. The van der Waals surface area contributed by atoms with E-state index in [0.29, 0.717) is 5.92 Å². The Labute approximate surface area is 103 Å². The number of hydrogen-bond donors (Lipinski definition) is 1. The lowest BCUT2D eigenvalue weighted by Gasteiger charge is -2.34. The molecule has 1 unspecified atom stereocenters. The number of piperidine rings is 1. The minimum atomic E-state index is 0.566. The van der Waals surface area contributed by atoms with Crippen LogP contribution in [-0.4, -0.2) is 19.6 Å². The van der Waals surface area contributed by atoms with Crippen molar-refractivity contribution in [2.75, 3.05) is 24.5 Å². The fourth-order valence-corrected chi connectivity index (χ4v) is 2.49. The zero-order chi connectivity index (χ0) is 12.3. The first-order valence-corrected chi connectivity index (χ1v) is 6.20. The molecule has 3 heteroatoms. The number of anilines is 1. The highest BCUT2D eigenvalue weighted by atomic mass is 15.1. The van der Waals surface area contributed by atoms with Gasteiger partial charge in [0.2, 0.25) is 0 Å². The summed E-state index contributed by atoms with van der Waals surface area (Å²) in [5.74, 6) is 0.566. The number of nitrogens with two attached hydrogens (primary N) is 1. The van der Waals surface area contributed by atoms with Gasteiger partial charge in [-0.25, -0.2) is 0 Å². The maximum absolute atomic E-state index is 9.20. The van der Waals surface area contributed by atoms with E-state index in [0.717, 1.165) is 36.4 Å². The number of rotatable bonds is 2. The van der Waals surface area contributed by atoms with Gasteiger partial charge in [0.25, 0.3) is 0 Å². The van der Waals surface area contributed by atoms with Gasteiger partial charge in [-0.1, -0.05) is 6.07 Å². The molecule has 1 heterocycles. The predicted octanol–water partition coefficient (Wildman–Crippen LogP) is 2.04. The quantitative estimate of drug-likeness (QED) is 0.844. The lowest BCUT2D eigenvalue weighted by Crippen LogP contribution is -2.38. The van der Waals surface area contributed by atoms with Crippen LogP contribution in [0.3, 0.4) is 0 Å². The second kappa shape index (κ2) is 5.20. The Bertz CT molecular complexity index is 434. The molecule has 0 aliphatic carbocycles. The number of nitrogens with zero attached hydrogens (tertiary/aromatic N) is 2. The van der Waals surface area contributed by atoms with Crippen molar-refractivity contribution in [2.24, 2.45) is 11.7 Å². The molecule has 0 aromatic heterocycles. The Kier molecular flexibility index (Phi) is 3.65. The monoisotopic (exact) mass is 229 g/mol. The summed E-state index contributed by atoms with van der Waals surface area (Å²) in [6.07, 6.45) is 2.38. The van der Waals surface area contributed by atoms with Crippen LogP contribution in [-0.2, 0) is 0 Å². The molecule has 17 heavy (non-hydrogen) atoms. The van der Waals surface area contributed by atoms with Crippen molar-refractivity contribution in [1.29, 1.82) is 5.26 Å². The van der Waals surface area contributed by atoms with Gasteiger partial charge in [-0.05, 0) is 49.9 Å². The summed E-state index contributed by atoms with van der Waals surface area (Å²) in [7, 11) is 0. The zero-order valence-corrected chi connectivity index (χ0v) is 10.3. The summed E-state index contributed by atoms with van der Waals surface area (Å²) in [5, 5.41) is 9.20. The van der Waals surface area contributed by atoms with Gasteiger partial charge >= 0.3 is 0 Å². The fourth-order valence-electron chi connectivity index (χ4n) is 2.49. The molecule has 1 fully saturated rings. The van der Waals surface area contributed by atoms with Crippen molar-refractivity contribution in [3.05, 3.63) is 29.3 Å². The predicted molar refractivity (Wildman–Crippen MR) is 69.9 cm³/mol. The molecular formula is C14H19N3. The molecule has 1 aliphatic rings. The first-order chi connectivity index (χ1) is 8.24. The largest absolute Gasteiger partial charge is 0.370 e. The van der Waals surface area contributed by atoms with Crippen molar-refractivity contribution in [2.45, 2.75) is 19.8 Å². The summed E-state index contributed by atoms with van der Waals surface area (Å²) in [6.45, 7) is 4.77. The van der Waals surface area contributed by atoms with Crippen LogP contribution in [0.25, 0.3) is 0 Å². The maximum Gasteiger partial charge on any atom is 0.101 e. The molecule has 0 bridgehead atoms. The molecule has 1 aromatic carbocycles. The minimum absolute atomic E-state index is 0.566. The molecule has 0 amide bonds. The van der Waals surface area contributed by atoms with Crippen molar-refractivity contribution in [3.8, 4) is 6.07 Å². The second-order valence-electron chi connectivity index (χ2n) is 4.82. The van der Waals surface area contributed by atoms with Gasteiger partial charge in [0.1, 0.15) is 6.07 Å². The highest BCUT2D eigenvalue weighted by molar-refractivity contribution is 5.60. The number of aryl methyl sites for hydroxylation is 1. The van der Waals surface area contributed by atoms with Crippen LogP contribution in [0.4, 0.5) is 5.69 Å². The number of benzene rings is 1. The van der Waals surface area contributed by atoms with Crippen LogP contribution in [0, 0.1) is 24.2 Å². The van der Waals surface area contributed by atoms with Crippen LogP contribution >= 0.6 is 0 Å². The number of nitriles is 1. The van der Waals surface area contributed by atoms with Gasteiger partial charge in [0, 0.05) is 13.1 Å². The second-order valence-corrected chi connectivity index (χ2v) is 4.82. The van der Waals surface area contributed by atoms with Gasteiger partial charge < -0.3 is 10.6 Å².